The molecule has 0 atom stereocenters. The minimum absolute atomic E-state index is 0.226. The van der Waals surface area contributed by atoms with E-state index in [9.17, 15) is 4.79 Å². The molecule has 0 aliphatic heterocycles. The van der Waals surface area contributed by atoms with Crippen molar-refractivity contribution in [3.8, 4) is 0 Å². The van der Waals surface area contributed by atoms with E-state index in [2.05, 4.69) is 20.3 Å². The molecule has 0 fully saturated rings. The number of hydrogen-bond acceptors (Lipinski definition) is 4. The average molecular weight is 253 g/mol. The second kappa shape index (κ2) is 4.53. The zero-order valence-corrected chi connectivity index (χ0v) is 10.3. The highest BCUT2D eigenvalue weighted by Crippen LogP contribution is 2.19. The smallest absolute Gasteiger partial charge is 0.257 e. The van der Waals surface area contributed by atoms with E-state index in [0.29, 0.717) is 17.1 Å². The molecule has 0 spiro atoms. The van der Waals surface area contributed by atoms with E-state index in [1.54, 1.807) is 13.0 Å². The summed E-state index contributed by atoms with van der Waals surface area (Å²) in [6.45, 7) is 1.72. The average Bonchev–Trinajstić information content (AvgIpc) is 2.83. The fraction of sp³-hybridized carbons (Fsp3) is 0.0714. The molecule has 19 heavy (non-hydrogen) atoms. The van der Waals surface area contributed by atoms with Crippen molar-refractivity contribution >= 4 is 22.5 Å². The lowest BCUT2D eigenvalue weighted by atomic mass is 10.0. The first-order valence-corrected chi connectivity index (χ1v) is 5.84. The molecule has 0 aliphatic carbocycles. The minimum Gasteiger partial charge on any atom is -0.302 e. The maximum absolute atomic E-state index is 12.3. The molecule has 94 valence electrons. The van der Waals surface area contributed by atoms with Gasteiger partial charge in [-0.1, -0.05) is 41.6 Å². The van der Waals surface area contributed by atoms with Crippen LogP contribution in [0.1, 0.15) is 16.1 Å². The van der Waals surface area contributed by atoms with Gasteiger partial charge >= 0.3 is 0 Å². The van der Waals surface area contributed by atoms with Crippen molar-refractivity contribution in [3.63, 3.8) is 0 Å². The maximum Gasteiger partial charge on any atom is 0.257 e. The van der Waals surface area contributed by atoms with E-state index < -0.39 is 0 Å². The van der Waals surface area contributed by atoms with Crippen molar-refractivity contribution in [2.45, 2.75) is 6.92 Å². The van der Waals surface area contributed by atoms with Crippen LogP contribution in [0.3, 0.4) is 0 Å². The van der Waals surface area contributed by atoms with Crippen LogP contribution < -0.4 is 5.32 Å². The second-order valence-corrected chi connectivity index (χ2v) is 4.18. The molecule has 3 rings (SSSR count). The molecule has 1 heterocycles. The number of benzene rings is 2. The summed E-state index contributed by atoms with van der Waals surface area (Å²) in [5.74, 6) is 0.119. The Morgan fingerprint density at radius 2 is 1.89 bits per heavy atom. The number of fused-ring (bicyclic) bond motifs is 1. The number of amides is 1. The summed E-state index contributed by atoms with van der Waals surface area (Å²) < 4.78 is 4.55. The molecule has 5 nitrogen and oxygen atoms in total. The molecule has 0 radical (unpaired) electrons. The van der Waals surface area contributed by atoms with E-state index in [-0.39, 0.29) is 5.91 Å². The summed E-state index contributed by atoms with van der Waals surface area (Å²) in [5.41, 5.74) is 1.15. The van der Waals surface area contributed by atoms with Crippen LogP contribution in [0.15, 0.2) is 47.1 Å². The van der Waals surface area contributed by atoms with Gasteiger partial charge in [-0.2, -0.15) is 0 Å². The van der Waals surface area contributed by atoms with Gasteiger partial charge in [-0.15, -0.1) is 0 Å². The van der Waals surface area contributed by atoms with Gasteiger partial charge in [0.1, 0.15) is 5.69 Å². The normalized spacial score (nSPS) is 10.6. The summed E-state index contributed by atoms with van der Waals surface area (Å²) in [5, 5.41) is 11.9. The Morgan fingerprint density at radius 3 is 2.68 bits per heavy atom. The number of nitrogens with one attached hydrogen (secondary N) is 1. The number of aryl methyl sites for hydroxylation is 1. The van der Waals surface area contributed by atoms with Crippen molar-refractivity contribution < 1.29 is 9.42 Å². The first-order valence-electron chi connectivity index (χ1n) is 5.84. The van der Waals surface area contributed by atoms with Gasteiger partial charge < -0.3 is 5.32 Å². The topological polar surface area (TPSA) is 68.0 Å². The van der Waals surface area contributed by atoms with Gasteiger partial charge in [0, 0.05) is 5.56 Å². The van der Waals surface area contributed by atoms with Gasteiger partial charge in [-0.05, 0) is 28.9 Å². The summed E-state index contributed by atoms with van der Waals surface area (Å²) in [6.07, 6.45) is 0. The predicted octanol–water partition coefficient (Wildman–Crippen LogP) is 2.78. The zero-order chi connectivity index (χ0) is 13.2. The van der Waals surface area contributed by atoms with Gasteiger partial charge in [-0.25, -0.2) is 4.63 Å². The Bertz CT molecular complexity index is 744. The SMILES string of the molecule is Cc1nonc1NC(=O)c1cccc2ccccc12. The minimum atomic E-state index is -0.226. The summed E-state index contributed by atoms with van der Waals surface area (Å²) in [4.78, 5) is 12.3. The highest BCUT2D eigenvalue weighted by molar-refractivity contribution is 6.12. The Hall–Kier alpha value is -2.69. The predicted molar refractivity (Wildman–Crippen MR) is 70.9 cm³/mol. The fourth-order valence-corrected chi connectivity index (χ4v) is 1.94. The summed E-state index contributed by atoms with van der Waals surface area (Å²) in [6, 6.07) is 13.3. The molecule has 1 N–H and O–H groups in total. The number of nitrogens with zero attached hydrogens (tertiary/aromatic N) is 2. The van der Waals surface area contributed by atoms with Crippen LogP contribution in [0.2, 0.25) is 0 Å². The Morgan fingerprint density at radius 1 is 1.11 bits per heavy atom. The third-order valence-corrected chi connectivity index (χ3v) is 2.92. The van der Waals surface area contributed by atoms with Crippen molar-refractivity contribution in [1.29, 1.82) is 0 Å². The maximum atomic E-state index is 12.3. The van der Waals surface area contributed by atoms with Crippen molar-refractivity contribution in [3.05, 3.63) is 53.7 Å². The lowest BCUT2D eigenvalue weighted by molar-refractivity contribution is 0.102. The van der Waals surface area contributed by atoms with Crippen LogP contribution in [-0.4, -0.2) is 16.2 Å². The van der Waals surface area contributed by atoms with Gasteiger partial charge in [-0.3, -0.25) is 4.79 Å². The van der Waals surface area contributed by atoms with Crippen LogP contribution >= 0.6 is 0 Å². The molecule has 0 unspecified atom stereocenters. The Labute approximate surface area is 109 Å². The largest absolute Gasteiger partial charge is 0.302 e. The second-order valence-electron chi connectivity index (χ2n) is 4.18. The molecule has 0 saturated heterocycles. The standard InChI is InChI=1S/C14H11N3O2/c1-9-13(17-19-16-9)15-14(18)12-8-4-6-10-5-2-3-7-11(10)12/h2-8H,1H3,(H,15,17,18). The van der Waals surface area contributed by atoms with Crippen LogP contribution in [0, 0.1) is 6.92 Å². The molecule has 1 amide bonds. The van der Waals surface area contributed by atoms with E-state index in [4.69, 9.17) is 0 Å². The Balaban J connectivity index is 2.00. The number of aromatic nitrogens is 2. The van der Waals surface area contributed by atoms with Crippen molar-refractivity contribution in [2.75, 3.05) is 5.32 Å². The fourth-order valence-electron chi connectivity index (χ4n) is 1.94. The van der Waals surface area contributed by atoms with E-state index >= 15 is 0 Å². The van der Waals surface area contributed by atoms with Crippen LogP contribution in [0.4, 0.5) is 5.82 Å². The Kier molecular flexibility index (Phi) is 2.72. The lowest BCUT2D eigenvalue weighted by Crippen LogP contribution is -2.13. The number of carbonyl (C=O) groups is 1. The van der Waals surface area contributed by atoms with Gasteiger partial charge in [0.25, 0.3) is 5.91 Å². The van der Waals surface area contributed by atoms with Crippen LogP contribution in [0.25, 0.3) is 10.8 Å². The van der Waals surface area contributed by atoms with Crippen LogP contribution in [0.5, 0.6) is 0 Å². The molecule has 0 aliphatic rings. The first-order chi connectivity index (χ1) is 9.25. The molecule has 5 heteroatoms. The van der Waals surface area contributed by atoms with E-state index in [1.807, 2.05) is 36.4 Å². The van der Waals surface area contributed by atoms with Crippen LogP contribution in [-0.2, 0) is 0 Å². The van der Waals surface area contributed by atoms with Gasteiger partial charge in [0.15, 0.2) is 0 Å². The summed E-state index contributed by atoms with van der Waals surface area (Å²) >= 11 is 0. The number of anilines is 1. The monoisotopic (exact) mass is 253 g/mol. The number of carbonyl (C=O) groups excluding carboxylic acids is 1. The van der Waals surface area contributed by atoms with E-state index in [0.717, 1.165) is 10.8 Å². The molecular formula is C14H11N3O2. The van der Waals surface area contributed by atoms with Gasteiger partial charge in [0.05, 0.1) is 0 Å². The van der Waals surface area contributed by atoms with Gasteiger partial charge in [0.2, 0.25) is 5.82 Å². The highest BCUT2D eigenvalue weighted by atomic mass is 16.6. The van der Waals surface area contributed by atoms with Crippen molar-refractivity contribution in [2.24, 2.45) is 0 Å². The zero-order valence-electron chi connectivity index (χ0n) is 10.3. The first kappa shape index (κ1) is 11.4. The third-order valence-electron chi connectivity index (χ3n) is 2.92. The number of hydrogen-bond donors (Lipinski definition) is 1. The quantitative estimate of drug-likeness (QED) is 0.762. The van der Waals surface area contributed by atoms with E-state index in [1.165, 1.54) is 0 Å². The molecular weight excluding hydrogens is 242 g/mol. The highest BCUT2D eigenvalue weighted by Gasteiger charge is 2.13. The molecule has 0 bridgehead atoms. The van der Waals surface area contributed by atoms with Crippen molar-refractivity contribution in [1.82, 2.24) is 10.3 Å². The molecule has 2 aromatic carbocycles. The molecule has 0 saturated carbocycles. The molecule has 3 aromatic rings. The molecule has 1 aromatic heterocycles. The number of rotatable bonds is 2. The lowest BCUT2D eigenvalue weighted by Gasteiger charge is -2.05. The summed E-state index contributed by atoms with van der Waals surface area (Å²) in [7, 11) is 0. The third kappa shape index (κ3) is 2.06.